The molecular formula is C26H28N6O2. The van der Waals surface area contributed by atoms with Gasteiger partial charge in [0.15, 0.2) is 5.54 Å². The Kier molecular flexibility index (Phi) is 5.75. The summed E-state index contributed by atoms with van der Waals surface area (Å²) in [6.07, 6.45) is 3.47. The number of benzene rings is 2. The number of nitrogens with zero attached hydrogens (tertiary/aromatic N) is 5. The van der Waals surface area contributed by atoms with Crippen LogP contribution in [0.15, 0.2) is 67.0 Å². The summed E-state index contributed by atoms with van der Waals surface area (Å²) in [6, 6.07) is 16.9. The lowest BCUT2D eigenvalue weighted by Gasteiger charge is -2.36. The first kappa shape index (κ1) is 22.0. The van der Waals surface area contributed by atoms with E-state index < -0.39 is 5.54 Å². The third-order valence-corrected chi connectivity index (χ3v) is 6.80. The van der Waals surface area contributed by atoms with Crippen molar-refractivity contribution in [2.75, 3.05) is 37.7 Å². The maximum atomic E-state index is 14.0. The average molecular weight is 457 g/mol. The minimum absolute atomic E-state index is 0.244. The van der Waals surface area contributed by atoms with Crippen molar-refractivity contribution in [3.63, 3.8) is 0 Å². The third kappa shape index (κ3) is 3.80. The van der Waals surface area contributed by atoms with Crippen molar-refractivity contribution in [2.45, 2.75) is 19.4 Å². The molecule has 34 heavy (non-hydrogen) atoms. The fraction of sp³-hybridized carbons (Fsp3) is 0.308. The van der Waals surface area contributed by atoms with Gasteiger partial charge < -0.3 is 10.2 Å². The highest BCUT2D eigenvalue weighted by molar-refractivity contribution is 6.09. The van der Waals surface area contributed by atoms with Crippen LogP contribution in [0.25, 0.3) is 0 Å². The van der Waals surface area contributed by atoms with Gasteiger partial charge in [-0.3, -0.25) is 9.69 Å². The molecule has 1 N–H and O–H groups in total. The van der Waals surface area contributed by atoms with E-state index in [1.165, 1.54) is 4.90 Å². The predicted molar refractivity (Wildman–Crippen MR) is 129 cm³/mol. The number of carbonyl (C=O) groups is 2. The van der Waals surface area contributed by atoms with Gasteiger partial charge in [0.1, 0.15) is 0 Å². The summed E-state index contributed by atoms with van der Waals surface area (Å²) in [4.78, 5) is 41.4. The number of hydrogen-bond donors (Lipinski definition) is 1. The van der Waals surface area contributed by atoms with E-state index in [1.807, 2.05) is 62.4 Å². The summed E-state index contributed by atoms with van der Waals surface area (Å²) in [5.41, 5.74) is 2.50. The van der Waals surface area contributed by atoms with E-state index in [-0.39, 0.29) is 18.6 Å². The zero-order valence-electron chi connectivity index (χ0n) is 19.4. The Labute approximate surface area is 199 Å². The smallest absolute Gasteiger partial charge is 0.326 e. The molecule has 5 rings (SSSR count). The lowest BCUT2D eigenvalue weighted by atomic mass is 9.81. The molecule has 2 aromatic carbocycles. The van der Waals surface area contributed by atoms with Crippen LogP contribution in [0.1, 0.15) is 22.3 Å². The molecule has 0 aliphatic carbocycles. The second-order valence-electron chi connectivity index (χ2n) is 8.87. The number of carbonyl (C=O) groups excluding carboxylic acids is 2. The summed E-state index contributed by atoms with van der Waals surface area (Å²) in [5.74, 6) is 0.454. The third-order valence-electron chi connectivity index (χ3n) is 6.80. The van der Waals surface area contributed by atoms with Gasteiger partial charge in [-0.1, -0.05) is 48.5 Å². The van der Waals surface area contributed by atoms with Crippen LogP contribution in [0.2, 0.25) is 0 Å². The lowest BCUT2D eigenvalue weighted by molar-refractivity contribution is -0.131. The average Bonchev–Trinajstić information content (AvgIpc) is 3.13. The van der Waals surface area contributed by atoms with Crippen molar-refractivity contribution in [1.29, 1.82) is 0 Å². The van der Waals surface area contributed by atoms with Crippen molar-refractivity contribution in [3.05, 3.63) is 89.2 Å². The minimum Gasteiger partial charge on any atom is -0.338 e. The number of hydrogen-bond acceptors (Lipinski definition) is 6. The van der Waals surface area contributed by atoms with Gasteiger partial charge in [-0.15, -0.1) is 0 Å². The van der Waals surface area contributed by atoms with Crippen molar-refractivity contribution >= 4 is 17.9 Å². The lowest BCUT2D eigenvalue weighted by Crippen LogP contribution is -2.52. The summed E-state index contributed by atoms with van der Waals surface area (Å²) in [5, 5.41) is 3.05. The first-order chi connectivity index (χ1) is 16.5. The van der Waals surface area contributed by atoms with Gasteiger partial charge in [0.2, 0.25) is 5.95 Å². The van der Waals surface area contributed by atoms with Crippen LogP contribution in [0, 0.1) is 13.8 Å². The van der Waals surface area contributed by atoms with Crippen molar-refractivity contribution in [1.82, 2.24) is 25.1 Å². The maximum absolute atomic E-state index is 14.0. The number of aryl methyl sites for hydroxylation is 2. The van der Waals surface area contributed by atoms with Gasteiger partial charge in [-0.05, 0) is 42.2 Å². The molecule has 3 aromatic rings. The Balaban J connectivity index is 1.39. The minimum atomic E-state index is -1.24. The highest BCUT2D eigenvalue weighted by Gasteiger charge is 2.54. The topological polar surface area (TPSA) is 81.7 Å². The SMILES string of the molecule is Cc1ccc(C2(c3ccccc3)NC(=O)N(CN3CCN(c4ncccn4)CC3)C2=O)cc1C. The fourth-order valence-corrected chi connectivity index (χ4v) is 4.67. The molecule has 1 unspecified atom stereocenters. The Bertz CT molecular complexity index is 1190. The van der Waals surface area contributed by atoms with Crippen LogP contribution in [-0.2, 0) is 10.3 Å². The largest absolute Gasteiger partial charge is 0.338 e. The Morgan fingerprint density at radius 3 is 2.24 bits per heavy atom. The van der Waals surface area contributed by atoms with Crippen LogP contribution < -0.4 is 10.2 Å². The fourth-order valence-electron chi connectivity index (χ4n) is 4.67. The first-order valence-corrected chi connectivity index (χ1v) is 11.5. The van der Waals surface area contributed by atoms with Gasteiger partial charge in [0, 0.05) is 38.6 Å². The number of imide groups is 1. The van der Waals surface area contributed by atoms with E-state index in [9.17, 15) is 9.59 Å². The van der Waals surface area contributed by atoms with E-state index in [1.54, 1.807) is 18.5 Å². The number of rotatable bonds is 5. The molecule has 1 aromatic heterocycles. The molecule has 2 saturated heterocycles. The molecule has 8 nitrogen and oxygen atoms in total. The monoisotopic (exact) mass is 456 g/mol. The second-order valence-corrected chi connectivity index (χ2v) is 8.87. The molecule has 8 heteroatoms. The number of anilines is 1. The molecule has 3 amide bonds. The molecule has 3 heterocycles. The number of piperazine rings is 1. The normalized spacial score (nSPS) is 21.1. The highest BCUT2D eigenvalue weighted by Crippen LogP contribution is 2.37. The molecular weight excluding hydrogens is 428 g/mol. The van der Waals surface area contributed by atoms with E-state index in [0.717, 1.165) is 35.3 Å². The Morgan fingerprint density at radius 2 is 1.56 bits per heavy atom. The van der Waals surface area contributed by atoms with E-state index in [4.69, 9.17) is 0 Å². The van der Waals surface area contributed by atoms with E-state index in [0.29, 0.717) is 19.0 Å². The summed E-state index contributed by atoms with van der Waals surface area (Å²) in [6.45, 7) is 7.17. The van der Waals surface area contributed by atoms with E-state index >= 15 is 0 Å². The molecule has 2 aliphatic heterocycles. The summed E-state index contributed by atoms with van der Waals surface area (Å²) < 4.78 is 0. The van der Waals surface area contributed by atoms with Crippen molar-refractivity contribution in [2.24, 2.45) is 0 Å². The quantitative estimate of drug-likeness (QED) is 0.595. The van der Waals surface area contributed by atoms with Crippen LogP contribution in [0.4, 0.5) is 10.7 Å². The zero-order chi connectivity index (χ0) is 23.7. The molecule has 0 saturated carbocycles. The van der Waals surface area contributed by atoms with Crippen LogP contribution in [0.3, 0.4) is 0 Å². The standard InChI is InChI=1S/C26H28N6O2/c1-19-9-10-22(17-20(19)2)26(21-7-4-3-5-8-21)23(33)32(25(34)29-26)18-30-13-15-31(16-14-30)24-27-11-6-12-28-24/h3-12,17H,13-16,18H2,1-2H3,(H,29,34). The van der Waals surface area contributed by atoms with Gasteiger partial charge >= 0.3 is 6.03 Å². The maximum Gasteiger partial charge on any atom is 0.326 e. The van der Waals surface area contributed by atoms with Gasteiger partial charge in [-0.25, -0.2) is 19.7 Å². The summed E-state index contributed by atoms with van der Waals surface area (Å²) in [7, 11) is 0. The molecule has 0 bridgehead atoms. The molecule has 0 spiro atoms. The molecule has 2 aliphatic rings. The highest BCUT2D eigenvalue weighted by atomic mass is 16.2. The number of urea groups is 1. The second kappa shape index (κ2) is 8.87. The van der Waals surface area contributed by atoms with Crippen molar-refractivity contribution in [3.8, 4) is 0 Å². The van der Waals surface area contributed by atoms with Gasteiger partial charge in [0.05, 0.1) is 6.67 Å². The molecule has 1 atom stereocenters. The van der Waals surface area contributed by atoms with Gasteiger partial charge in [0.25, 0.3) is 5.91 Å². The Hall–Kier alpha value is -3.78. The predicted octanol–water partition coefficient (Wildman–Crippen LogP) is 2.67. The molecule has 174 valence electrons. The van der Waals surface area contributed by atoms with Crippen LogP contribution in [0.5, 0.6) is 0 Å². The van der Waals surface area contributed by atoms with Crippen LogP contribution in [-0.4, -0.2) is 64.6 Å². The van der Waals surface area contributed by atoms with Crippen molar-refractivity contribution < 1.29 is 9.59 Å². The Morgan fingerprint density at radius 1 is 0.853 bits per heavy atom. The van der Waals surface area contributed by atoms with E-state index in [2.05, 4.69) is 25.1 Å². The molecule has 2 fully saturated rings. The number of aromatic nitrogens is 2. The first-order valence-electron chi connectivity index (χ1n) is 11.5. The number of amides is 3. The summed E-state index contributed by atoms with van der Waals surface area (Å²) >= 11 is 0. The van der Waals surface area contributed by atoms with Crippen LogP contribution >= 0.6 is 0 Å². The molecule has 0 radical (unpaired) electrons. The zero-order valence-corrected chi connectivity index (χ0v) is 19.4. The number of nitrogens with one attached hydrogen (secondary N) is 1. The van der Waals surface area contributed by atoms with Gasteiger partial charge in [-0.2, -0.15) is 0 Å².